The molecule has 6 nitrogen and oxygen atoms in total. The molecule has 1 aromatic rings. The number of halogens is 1. The van der Waals surface area contributed by atoms with Crippen molar-refractivity contribution in [1.82, 2.24) is 14.9 Å². The smallest absolute Gasteiger partial charge is 0.250 e. The van der Waals surface area contributed by atoms with Crippen LogP contribution in [0.15, 0.2) is 20.1 Å². The van der Waals surface area contributed by atoms with Crippen molar-refractivity contribution >= 4 is 43.2 Å². The Morgan fingerprint density at radius 3 is 2.62 bits per heavy atom. The van der Waals surface area contributed by atoms with Crippen LogP contribution in [-0.2, 0) is 14.8 Å². The minimum absolute atomic E-state index is 0.177. The SMILES string of the molecule is CNC1CCN(C(=O)CNS(=O)(=O)c2ccc(Br)s2)CC1. The zero-order valence-corrected chi connectivity index (χ0v) is 14.9. The number of rotatable bonds is 5. The predicted octanol–water partition coefficient (Wildman–Crippen LogP) is 0.999. The number of hydrogen-bond acceptors (Lipinski definition) is 5. The van der Waals surface area contributed by atoms with E-state index >= 15 is 0 Å². The summed E-state index contributed by atoms with van der Waals surface area (Å²) in [7, 11) is -1.70. The van der Waals surface area contributed by atoms with E-state index in [4.69, 9.17) is 0 Å². The van der Waals surface area contributed by atoms with Gasteiger partial charge in [-0.05, 0) is 48.0 Å². The summed E-state index contributed by atoms with van der Waals surface area (Å²) in [6.45, 7) is 1.13. The molecule has 1 aromatic heterocycles. The van der Waals surface area contributed by atoms with Crippen molar-refractivity contribution < 1.29 is 13.2 Å². The highest BCUT2D eigenvalue weighted by Crippen LogP contribution is 2.25. The highest BCUT2D eigenvalue weighted by atomic mass is 79.9. The van der Waals surface area contributed by atoms with Crippen LogP contribution in [0.1, 0.15) is 12.8 Å². The van der Waals surface area contributed by atoms with Gasteiger partial charge in [-0.2, -0.15) is 0 Å². The number of thiophene rings is 1. The molecule has 1 fully saturated rings. The van der Waals surface area contributed by atoms with E-state index in [1.807, 2.05) is 7.05 Å². The van der Waals surface area contributed by atoms with Gasteiger partial charge in [-0.1, -0.05) is 0 Å². The topological polar surface area (TPSA) is 78.5 Å². The Bertz CT molecular complexity index is 595. The zero-order chi connectivity index (χ0) is 15.5. The lowest BCUT2D eigenvalue weighted by molar-refractivity contribution is -0.131. The first kappa shape index (κ1) is 16.9. The maximum absolute atomic E-state index is 12.0. The molecule has 2 N–H and O–H groups in total. The first-order chi connectivity index (χ1) is 9.92. The summed E-state index contributed by atoms with van der Waals surface area (Å²) in [4.78, 5) is 13.8. The summed E-state index contributed by atoms with van der Waals surface area (Å²) >= 11 is 4.34. The molecule has 0 saturated carbocycles. The molecule has 0 aliphatic carbocycles. The van der Waals surface area contributed by atoms with E-state index in [0.717, 1.165) is 28.0 Å². The van der Waals surface area contributed by atoms with Crippen LogP contribution >= 0.6 is 27.3 Å². The summed E-state index contributed by atoms with van der Waals surface area (Å²) in [6.07, 6.45) is 1.79. The molecule has 0 aromatic carbocycles. The first-order valence-electron chi connectivity index (χ1n) is 6.62. The fourth-order valence-corrected chi connectivity index (χ4v) is 5.23. The van der Waals surface area contributed by atoms with Crippen molar-refractivity contribution in [1.29, 1.82) is 0 Å². The molecular weight excluding hydrogens is 378 g/mol. The Hall–Kier alpha value is -0.480. The highest BCUT2D eigenvalue weighted by molar-refractivity contribution is 9.11. The van der Waals surface area contributed by atoms with E-state index in [9.17, 15) is 13.2 Å². The van der Waals surface area contributed by atoms with Gasteiger partial charge in [0, 0.05) is 19.1 Å². The fourth-order valence-electron chi connectivity index (χ4n) is 2.20. The van der Waals surface area contributed by atoms with Crippen molar-refractivity contribution in [2.45, 2.75) is 23.1 Å². The predicted molar refractivity (Wildman–Crippen MR) is 85.9 cm³/mol. The lowest BCUT2D eigenvalue weighted by Crippen LogP contribution is -2.47. The standard InChI is InChI=1S/C12H18BrN3O3S2/c1-14-9-4-6-16(7-5-9)11(17)8-15-21(18,19)12-3-2-10(13)20-12/h2-3,9,14-15H,4-8H2,1H3. The summed E-state index contributed by atoms with van der Waals surface area (Å²) in [5, 5.41) is 3.19. The molecule has 0 atom stereocenters. The van der Waals surface area contributed by atoms with Gasteiger partial charge >= 0.3 is 0 Å². The van der Waals surface area contributed by atoms with Crippen LogP contribution in [-0.4, -0.2) is 51.9 Å². The van der Waals surface area contributed by atoms with Gasteiger partial charge in [0.2, 0.25) is 5.91 Å². The van der Waals surface area contributed by atoms with Crippen LogP contribution in [0.2, 0.25) is 0 Å². The molecule has 0 radical (unpaired) electrons. The molecule has 118 valence electrons. The van der Waals surface area contributed by atoms with E-state index < -0.39 is 10.0 Å². The Morgan fingerprint density at radius 1 is 1.43 bits per heavy atom. The molecule has 2 rings (SSSR count). The monoisotopic (exact) mass is 395 g/mol. The third kappa shape index (κ3) is 4.49. The van der Waals surface area contributed by atoms with Crippen LogP contribution < -0.4 is 10.0 Å². The molecule has 0 spiro atoms. The third-order valence-corrected chi connectivity index (χ3v) is 7.00. The van der Waals surface area contributed by atoms with Crippen LogP contribution in [0, 0.1) is 0 Å². The second-order valence-electron chi connectivity index (χ2n) is 4.83. The fraction of sp³-hybridized carbons (Fsp3) is 0.583. The maximum atomic E-state index is 12.0. The van der Waals surface area contributed by atoms with Gasteiger partial charge in [0.05, 0.1) is 10.3 Å². The van der Waals surface area contributed by atoms with Crippen LogP contribution in [0.4, 0.5) is 0 Å². The van der Waals surface area contributed by atoms with Gasteiger partial charge in [-0.25, -0.2) is 13.1 Å². The third-order valence-electron chi connectivity index (χ3n) is 3.48. The molecule has 21 heavy (non-hydrogen) atoms. The summed E-state index contributed by atoms with van der Waals surface area (Å²) in [5.74, 6) is -0.177. The van der Waals surface area contributed by atoms with Gasteiger partial charge in [-0.3, -0.25) is 4.79 Å². The van der Waals surface area contributed by atoms with Crippen molar-refractivity contribution in [3.8, 4) is 0 Å². The molecule has 1 saturated heterocycles. The van der Waals surface area contributed by atoms with Crippen molar-refractivity contribution in [3.63, 3.8) is 0 Å². The molecule has 1 amide bonds. The minimum atomic E-state index is -3.61. The molecule has 0 bridgehead atoms. The number of hydrogen-bond donors (Lipinski definition) is 2. The lowest BCUT2D eigenvalue weighted by atomic mass is 10.1. The average Bonchev–Trinajstić information content (AvgIpc) is 2.92. The lowest BCUT2D eigenvalue weighted by Gasteiger charge is -2.31. The summed E-state index contributed by atoms with van der Waals surface area (Å²) < 4.78 is 27.4. The second kappa shape index (κ2) is 7.19. The number of carbonyl (C=O) groups excluding carboxylic acids is 1. The Labute approximate surface area is 137 Å². The van der Waals surface area contributed by atoms with Gasteiger partial charge in [0.25, 0.3) is 10.0 Å². The van der Waals surface area contributed by atoms with E-state index in [1.165, 1.54) is 6.07 Å². The van der Waals surface area contributed by atoms with Crippen molar-refractivity contribution in [2.75, 3.05) is 26.7 Å². The van der Waals surface area contributed by atoms with Gasteiger partial charge in [0.1, 0.15) is 4.21 Å². The normalized spacial score (nSPS) is 17.1. The van der Waals surface area contributed by atoms with E-state index in [1.54, 1.807) is 11.0 Å². The summed E-state index contributed by atoms with van der Waals surface area (Å²) in [6, 6.07) is 3.62. The number of sulfonamides is 1. The second-order valence-corrected chi connectivity index (χ2v) is 9.28. The number of carbonyl (C=O) groups is 1. The number of likely N-dealkylation sites (tertiary alicyclic amines) is 1. The summed E-state index contributed by atoms with van der Waals surface area (Å²) in [5.41, 5.74) is 0. The van der Waals surface area contributed by atoms with Crippen molar-refractivity contribution in [2.24, 2.45) is 0 Å². The van der Waals surface area contributed by atoms with E-state index in [2.05, 4.69) is 26.0 Å². The quantitative estimate of drug-likeness (QED) is 0.779. The average molecular weight is 396 g/mol. The van der Waals surface area contributed by atoms with Gasteiger partial charge in [0.15, 0.2) is 0 Å². The Balaban J connectivity index is 1.87. The van der Waals surface area contributed by atoms with Crippen LogP contribution in [0.3, 0.4) is 0 Å². The minimum Gasteiger partial charge on any atom is -0.341 e. The van der Waals surface area contributed by atoms with Crippen molar-refractivity contribution in [3.05, 3.63) is 15.9 Å². The van der Waals surface area contributed by atoms with E-state index in [0.29, 0.717) is 19.1 Å². The highest BCUT2D eigenvalue weighted by Gasteiger charge is 2.23. The number of nitrogens with zero attached hydrogens (tertiary/aromatic N) is 1. The van der Waals surface area contributed by atoms with Gasteiger partial charge in [-0.15, -0.1) is 11.3 Å². The molecule has 9 heteroatoms. The zero-order valence-electron chi connectivity index (χ0n) is 11.6. The molecule has 0 unspecified atom stereocenters. The maximum Gasteiger partial charge on any atom is 0.250 e. The molecule has 1 aliphatic rings. The first-order valence-corrected chi connectivity index (χ1v) is 9.71. The largest absolute Gasteiger partial charge is 0.341 e. The van der Waals surface area contributed by atoms with Gasteiger partial charge < -0.3 is 10.2 Å². The molecule has 2 heterocycles. The Morgan fingerprint density at radius 2 is 2.10 bits per heavy atom. The van der Waals surface area contributed by atoms with Crippen LogP contribution in [0.25, 0.3) is 0 Å². The number of nitrogens with one attached hydrogen (secondary N) is 2. The van der Waals surface area contributed by atoms with Crippen LogP contribution in [0.5, 0.6) is 0 Å². The van der Waals surface area contributed by atoms with E-state index in [-0.39, 0.29) is 16.7 Å². The number of amides is 1. The Kier molecular flexibility index (Phi) is 5.78. The number of piperidine rings is 1. The molecular formula is C12H18BrN3O3S2. The molecule has 1 aliphatic heterocycles.